The molecule has 1 aromatic rings. The van der Waals surface area contributed by atoms with Crippen LogP contribution in [0.4, 0.5) is 24.7 Å². The molecule has 8 heteroatoms. The monoisotopic (exact) mass is 277 g/mol. The van der Waals surface area contributed by atoms with Crippen LogP contribution in [0.15, 0.2) is 12.3 Å². The Balaban J connectivity index is 3.06. The van der Waals surface area contributed by atoms with E-state index >= 15 is 0 Å². The molecule has 0 unspecified atom stereocenters. The first-order valence-corrected chi connectivity index (χ1v) is 5.55. The summed E-state index contributed by atoms with van der Waals surface area (Å²) in [7, 11) is 0. The molecule has 1 aromatic heterocycles. The smallest absolute Gasteiger partial charge is 0.405 e. The maximum absolute atomic E-state index is 12.4. The zero-order valence-electron chi connectivity index (χ0n) is 10.2. The molecule has 1 heterocycles. The number of rotatable bonds is 5. The minimum Gasteiger partial charge on any atom is -0.478 e. The summed E-state index contributed by atoms with van der Waals surface area (Å²) in [6, 6.07) is 1.10. The van der Waals surface area contributed by atoms with Crippen molar-refractivity contribution in [3.63, 3.8) is 0 Å². The lowest BCUT2D eigenvalue weighted by atomic mass is 10.2. The van der Waals surface area contributed by atoms with Gasteiger partial charge < -0.3 is 15.7 Å². The van der Waals surface area contributed by atoms with Crippen molar-refractivity contribution >= 4 is 17.5 Å². The topological polar surface area (TPSA) is 79.5 Å². The number of aromatic carboxylic acids is 1. The zero-order chi connectivity index (χ0) is 14.6. The largest absolute Gasteiger partial charge is 0.478 e. The SMILES string of the molecule is CCCN(CC(F)(F)F)c1ncc(C(=O)O)cc1N. The molecule has 0 bridgehead atoms. The molecule has 0 aliphatic rings. The van der Waals surface area contributed by atoms with Gasteiger partial charge in [-0.1, -0.05) is 6.92 Å². The number of aromatic nitrogens is 1. The molecule has 0 aromatic carbocycles. The third-order valence-corrected chi connectivity index (χ3v) is 2.31. The van der Waals surface area contributed by atoms with E-state index in [4.69, 9.17) is 10.8 Å². The van der Waals surface area contributed by atoms with Crippen LogP contribution in [-0.2, 0) is 0 Å². The van der Waals surface area contributed by atoms with Gasteiger partial charge in [0.25, 0.3) is 0 Å². The van der Waals surface area contributed by atoms with Crippen LogP contribution in [0.2, 0.25) is 0 Å². The van der Waals surface area contributed by atoms with Gasteiger partial charge in [0.2, 0.25) is 0 Å². The normalized spacial score (nSPS) is 11.4. The molecule has 106 valence electrons. The number of hydrogen-bond acceptors (Lipinski definition) is 4. The second-order valence-electron chi connectivity index (χ2n) is 3.98. The Hall–Kier alpha value is -1.99. The van der Waals surface area contributed by atoms with E-state index in [-0.39, 0.29) is 23.6 Å². The van der Waals surface area contributed by atoms with Crippen molar-refractivity contribution in [1.29, 1.82) is 0 Å². The van der Waals surface area contributed by atoms with E-state index in [9.17, 15) is 18.0 Å². The quantitative estimate of drug-likeness (QED) is 0.862. The Bertz CT molecular complexity index is 463. The molecular formula is C11H14F3N3O2. The lowest BCUT2D eigenvalue weighted by molar-refractivity contribution is -0.119. The minimum absolute atomic E-state index is 0.0517. The number of carboxylic acids is 1. The lowest BCUT2D eigenvalue weighted by Gasteiger charge is -2.25. The van der Waals surface area contributed by atoms with Gasteiger partial charge in [0.15, 0.2) is 5.82 Å². The van der Waals surface area contributed by atoms with E-state index in [1.54, 1.807) is 6.92 Å². The van der Waals surface area contributed by atoms with E-state index in [2.05, 4.69) is 4.98 Å². The molecule has 0 amide bonds. The van der Waals surface area contributed by atoms with Crippen LogP contribution in [0.25, 0.3) is 0 Å². The van der Waals surface area contributed by atoms with E-state index in [0.29, 0.717) is 6.42 Å². The number of nitrogen functional groups attached to an aromatic ring is 1. The van der Waals surface area contributed by atoms with E-state index in [0.717, 1.165) is 17.2 Å². The molecular weight excluding hydrogens is 263 g/mol. The van der Waals surface area contributed by atoms with Crippen molar-refractivity contribution in [3.05, 3.63) is 17.8 Å². The zero-order valence-corrected chi connectivity index (χ0v) is 10.2. The van der Waals surface area contributed by atoms with Crippen LogP contribution in [0.3, 0.4) is 0 Å². The summed E-state index contributed by atoms with van der Waals surface area (Å²) in [5.74, 6) is -1.28. The van der Waals surface area contributed by atoms with Crippen LogP contribution in [-0.4, -0.2) is 35.3 Å². The van der Waals surface area contributed by atoms with E-state index in [1.807, 2.05) is 0 Å². The number of pyridine rings is 1. The Morgan fingerprint density at radius 1 is 1.53 bits per heavy atom. The summed E-state index contributed by atoms with van der Waals surface area (Å²) < 4.78 is 37.3. The summed E-state index contributed by atoms with van der Waals surface area (Å²) in [6.07, 6.45) is -2.90. The lowest BCUT2D eigenvalue weighted by Crippen LogP contribution is -2.36. The summed E-state index contributed by atoms with van der Waals surface area (Å²) in [4.78, 5) is 15.4. The summed E-state index contributed by atoms with van der Waals surface area (Å²) in [5, 5.41) is 8.74. The van der Waals surface area contributed by atoms with Crippen LogP contribution >= 0.6 is 0 Å². The third-order valence-electron chi connectivity index (χ3n) is 2.31. The first-order valence-electron chi connectivity index (χ1n) is 5.55. The second-order valence-corrected chi connectivity index (χ2v) is 3.98. The average molecular weight is 277 g/mol. The molecule has 0 fully saturated rings. The van der Waals surface area contributed by atoms with Crippen molar-refractivity contribution in [3.8, 4) is 0 Å². The Labute approximate surface area is 107 Å². The number of nitrogens with zero attached hydrogens (tertiary/aromatic N) is 2. The van der Waals surface area contributed by atoms with Gasteiger partial charge in [-0.25, -0.2) is 9.78 Å². The Kier molecular flexibility index (Phi) is 4.57. The van der Waals surface area contributed by atoms with Crippen LogP contribution in [0.5, 0.6) is 0 Å². The fourth-order valence-corrected chi connectivity index (χ4v) is 1.60. The van der Waals surface area contributed by atoms with Gasteiger partial charge in [-0.05, 0) is 12.5 Å². The summed E-state index contributed by atoms with van der Waals surface area (Å²) in [6.45, 7) is 0.679. The molecule has 0 radical (unpaired) electrons. The van der Waals surface area contributed by atoms with Gasteiger partial charge in [-0.2, -0.15) is 13.2 Å². The third kappa shape index (κ3) is 4.31. The predicted molar refractivity (Wildman–Crippen MR) is 64.2 cm³/mol. The molecule has 0 saturated heterocycles. The number of anilines is 2. The van der Waals surface area contributed by atoms with Crippen molar-refractivity contribution in [1.82, 2.24) is 4.98 Å². The Morgan fingerprint density at radius 2 is 2.16 bits per heavy atom. The highest BCUT2D eigenvalue weighted by Gasteiger charge is 2.31. The van der Waals surface area contributed by atoms with Crippen molar-refractivity contribution < 1.29 is 23.1 Å². The highest BCUT2D eigenvalue weighted by Crippen LogP contribution is 2.25. The summed E-state index contributed by atoms with van der Waals surface area (Å²) in [5.41, 5.74) is 5.33. The standard InChI is InChI=1S/C11H14F3N3O2/c1-2-3-17(6-11(12,13)14)9-8(15)4-7(5-16-9)10(18)19/h4-5H,2-3,6,15H2,1H3,(H,18,19). The highest BCUT2D eigenvalue weighted by molar-refractivity contribution is 5.89. The first-order chi connectivity index (χ1) is 8.74. The van der Waals surface area contributed by atoms with E-state index < -0.39 is 18.7 Å². The van der Waals surface area contributed by atoms with Gasteiger partial charge in [0.05, 0.1) is 11.3 Å². The van der Waals surface area contributed by atoms with Crippen molar-refractivity contribution in [2.24, 2.45) is 0 Å². The molecule has 0 aliphatic carbocycles. The molecule has 0 saturated carbocycles. The molecule has 0 atom stereocenters. The maximum atomic E-state index is 12.4. The predicted octanol–water partition coefficient (Wildman–Crippen LogP) is 2.14. The first kappa shape index (κ1) is 15.1. The fraction of sp³-hybridized carbons (Fsp3) is 0.455. The molecule has 3 N–H and O–H groups in total. The minimum atomic E-state index is -4.38. The molecule has 0 aliphatic heterocycles. The summed E-state index contributed by atoms with van der Waals surface area (Å²) >= 11 is 0. The van der Waals surface area contributed by atoms with Gasteiger partial charge in [-0.3, -0.25) is 0 Å². The number of carbonyl (C=O) groups is 1. The van der Waals surface area contributed by atoms with Gasteiger partial charge in [0.1, 0.15) is 6.54 Å². The van der Waals surface area contributed by atoms with Gasteiger partial charge >= 0.3 is 12.1 Å². The van der Waals surface area contributed by atoms with Crippen molar-refractivity contribution in [2.45, 2.75) is 19.5 Å². The number of carboxylic acid groups (broad SMARTS) is 1. The maximum Gasteiger partial charge on any atom is 0.405 e. The number of nitrogens with two attached hydrogens (primary N) is 1. The highest BCUT2D eigenvalue weighted by atomic mass is 19.4. The van der Waals surface area contributed by atoms with Crippen LogP contribution in [0, 0.1) is 0 Å². The molecule has 5 nitrogen and oxygen atoms in total. The fourth-order valence-electron chi connectivity index (χ4n) is 1.60. The number of hydrogen-bond donors (Lipinski definition) is 2. The molecule has 19 heavy (non-hydrogen) atoms. The molecule has 0 spiro atoms. The Morgan fingerprint density at radius 3 is 2.58 bits per heavy atom. The molecule has 1 rings (SSSR count). The van der Waals surface area contributed by atoms with E-state index in [1.165, 1.54) is 0 Å². The average Bonchev–Trinajstić information content (AvgIpc) is 2.26. The van der Waals surface area contributed by atoms with Crippen LogP contribution in [0.1, 0.15) is 23.7 Å². The van der Waals surface area contributed by atoms with Crippen LogP contribution < -0.4 is 10.6 Å². The van der Waals surface area contributed by atoms with Gasteiger partial charge in [0, 0.05) is 12.7 Å². The second kappa shape index (κ2) is 5.77. The number of alkyl halides is 3. The van der Waals surface area contributed by atoms with Gasteiger partial charge in [-0.15, -0.1) is 0 Å². The number of halogens is 3. The van der Waals surface area contributed by atoms with Crippen molar-refractivity contribution in [2.75, 3.05) is 23.7 Å².